The lowest BCUT2D eigenvalue weighted by Crippen LogP contribution is -2.41. The summed E-state index contributed by atoms with van der Waals surface area (Å²) in [5.74, 6) is -0.277. The van der Waals surface area contributed by atoms with Gasteiger partial charge < -0.3 is 9.47 Å². The van der Waals surface area contributed by atoms with Gasteiger partial charge >= 0.3 is 0 Å². The van der Waals surface area contributed by atoms with Gasteiger partial charge in [-0.05, 0) is 25.7 Å². The molecule has 1 heterocycles. The number of hydrogen-bond acceptors (Lipinski definition) is 2. The predicted molar refractivity (Wildman–Crippen MR) is 51.4 cm³/mol. The van der Waals surface area contributed by atoms with Gasteiger partial charge in [-0.25, -0.2) is 0 Å². The molecule has 0 N–H and O–H groups in total. The van der Waals surface area contributed by atoms with Gasteiger partial charge in [0.05, 0.1) is 6.61 Å². The largest absolute Gasteiger partial charge is 0.353 e. The Hall–Kier alpha value is -0.340. The van der Waals surface area contributed by atoms with Crippen molar-refractivity contribution in [1.82, 2.24) is 0 Å². The minimum absolute atomic E-state index is 0.240. The van der Waals surface area contributed by atoms with Crippen LogP contribution < -0.4 is 0 Å². The molecular weight excluding hydrogens is 164 g/mol. The molecule has 2 aliphatic rings. The molecule has 0 aromatic carbocycles. The standard InChI is InChI=1S/C11H18O2/c1-3-5-10-6-4-7-11(10,12-2)13-9-8-10/h3H,1,4-9H2,2H3/t10-,11-/m1/s1. The van der Waals surface area contributed by atoms with E-state index in [-0.39, 0.29) is 11.2 Å². The van der Waals surface area contributed by atoms with Crippen molar-refractivity contribution in [2.45, 2.75) is 37.9 Å². The molecule has 0 bridgehead atoms. The summed E-state index contributed by atoms with van der Waals surface area (Å²) < 4.78 is 11.4. The van der Waals surface area contributed by atoms with Crippen molar-refractivity contribution >= 4 is 0 Å². The van der Waals surface area contributed by atoms with Gasteiger partial charge in [-0.3, -0.25) is 0 Å². The van der Waals surface area contributed by atoms with Crippen LogP contribution in [0.2, 0.25) is 0 Å². The van der Waals surface area contributed by atoms with Gasteiger partial charge in [0.1, 0.15) is 0 Å². The van der Waals surface area contributed by atoms with Crippen molar-refractivity contribution in [2.75, 3.05) is 13.7 Å². The van der Waals surface area contributed by atoms with Crippen LogP contribution in [0.1, 0.15) is 32.1 Å². The van der Waals surface area contributed by atoms with Crippen molar-refractivity contribution in [3.8, 4) is 0 Å². The van der Waals surface area contributed by atoms with Gasteiger partial charge in [-0.2, -0.15) is 0 Å². The Morgan fingerprint density at radius 2 is 2.31 bits per heavy atom. The lowest BCUT2D eigenvalue weighted by molar-refractivity contribution is -0.231. The zero-order valence-electron chi connectivity index (χ0n) is 8.34. The molecule has 2 atom stereocenters. The van der Waals surface area contributed by atoms with E-state index >= 15 is 0 Å². The summed E-state index contributed by atoms with van der Waals surface area (Å²) >= 11 is 0. The molecular formula is C11H18O2. The summed E-state index contributed by atoms with van der Waals surface area (Å²) in [6.45, 7) is 4.68. The van der Waals surface area contributed by atoms with Crippen LogP contribution in [0.3, 0.4) is 0 Å². The molecule has 1 aliphatic carbocycles. The fourth-order valence-corrected chi connectivity index (χ4v) is 3.08. The molecule has 1 saturated carbocycles. The highest BCUT2D eigenvalue weighted by molar-refractivity contribution is 5.05. The third-order valence-corrected chi connectivity index (χ3v) is 3.75. The van der Waals surface area contributed by atoms with Gasteiger partial charge in [0.2, 0.25) is 0 Å². The maximum atomic E-state index is 5.80. The Balaban J connectivity index is 2.27. The maximum absolute atomic E-state index is 5.80. The predicted octanol–water partition coefficient (Wildman–Crippen LogP) is 2.50. The van der Waals surface area contributed by atoms with Gasteiger partial charge in [0.15, 0.2) is 5.79 Å². The maximum Gasteiger partial charge on any atom is 0.173 e. The number of methoxy groups -OCH3 is 1. The van der Waals surface area contributed by atoms with E-state index < -0.39 is 0 Å². The van der Waals surface area contributed by atoms with E-state index in [4.69, 9.17) is 9.47 Å². The van der Waals surface area contributed by atoms with Gasteiger partial charge in [0, 0.05) is 18.9 Å². The fourth-order valence-electron chi connectivity index (χ4n) is 3.08. The highest BCUT2D eigenvalue weighted by Gasteiger charge is 2.59. The average molecular weight is 182 g/mol. The summed E-state index contributed by atoms with van der Waals surface area (Å²) in [6, 6.07) is 0. The van der Waals surface area contributed by atoms with Crippen molar-refractivity contribution in [2.24, 2.45) is 5.41 Å². The molecule has 0 aromatic heterocycles. The van der Waals surface area contributed by atoms with Gasteiger partial charge in [-0.1, -0.05) is 6.08 Å². The monoisotopic (exact) mass is 182 g/mol. The van der Waals surface area contributed by atoms with Gasteiger partial charge in [0.25, 0.3) is 0 Å². The summed E-state index contributed by atoms with van der Waals surface area (Å²) in [4.78, 5) is 0. The molecule has 74 valence electrons. The first-order valence-electron chi connectivity index (χ1n) is 5.09. The lowest BCUT2D eigenvalue weighted by atomic mass is 9.77. The minimum Gasteiger partial charge on any atom is -0.353 e. The molecule has 0 unspecified atom stereocenters. The van der Waals surface area contributed by atoms with Crippen LogP contribution in [0.5, 0.6) is 0 Å². The third-order valence-electron chi connectivity index (χ3n) is 3.75. The zero-order chi connectivity index (χ0) is 9.36. The van der Waals surface area contributed by atoms with Crippen LogP contribution >= 0.6 is 0 Å². The van der Waals surface area contributed by atoms with Crippen LogP contribution in [-0.4, -0.2) is 19.5 Å². The van der Waals surface area contributed by atoms with E-state index in [1.54, 1.807) is 7.11 Å². The Kier molecular flexibility index (Phi) is 2.20. The second-order valence-corrected chi connectivity index (χ2v) is 4.18. The van der Waals surface area contributed by atoms with Crippen molar-refractivity contribution < 1.29 is 9.47 Å². The summed E-state index contributed by atoms with van der Waals surface area (Å²) in [6.07, 6.45) is 7.67. The van der Waals surface area contributed by atoms with E-state index in [9.17, 15) is 0 Å². The van der Waals surface area contributed by atoms with Crippen LogP contribution in [0.15, 0.2) is 12.7 Å². The van der Waals surface area contributed by atoms with Crippen LogP contribution in [0.4, 0.5) is 0 Å². The molecule has 1 saturated heterocycles. The van der Waals surface area contributed by atoms with Crippen LogP contribution in [-0.2, 0) is 9.47 Å². The molecule has 0 radical (unpaired) electrons. The molecule has 2 heteroatoms. The molecule has 2 nitrogen and oxygen atoms in total. The number of ether oxygens (including phenoxy) is 2. The molecule has 13 heavy (non-hydrogen) atoms. The molecule has 2 fully saturated rings. The Morgan fingerprint density at radius 3 is 3.00 bits per heavy atom. The molecule has 2 rings (SSSR count). The van der Waals surface area contributed by atoms with Crippen molar-refractivity contribution in [3.05, 3.63) is 12.7 Å². The first-order valence-corrected chi connectivity index (χ1v) is 5.09. The first kappa shape index (κ1) is 9.22. The highest BCUT2D eigenvalue weighted by Crippen LogP contribution is 2.57. The molecule has 1 aliphatic heterocycles. The van der Waals surface area contributed by atoms with Gasteiger partial charge in [-0.15, -0.1) is 6.58 Å². The van der Waals surface area contributed by atoms with Crippen molar-refractivity contribution in [1.29, 1.82) is 0 Å². The Labute approximate surface area is 79.9 Å². The number of allylic oxidation sites excluding steroid dienone is 1. The molecule has 0 aromatic rings. The van der Waals surface area contributed by atoms with E-state index in [1.807, 2.05) is 6.08 Å². The lowest BCUT2D eigenvalue weighted by Gasteiger charge is -2.37. The zero-order valence-corrected chi connectivity index (χ0v) is 8.34. The Bertz CT molecular complexity index is 200. The number of fused-ring (bicyclic) bond motifs is 1. The topological polar surface area (TPSA) is 18.5 Å². The van der Waals surface area contributed by atoms with E-state index in [0.29, 0.717) is 0 Å². The van der Waals surface area contributed by atoms with Crippen LogP contribution in [0.25, 0.3) is 0 Å². The summed E-state index contributed by atoms with van der Waals surface area (Å²) in [7, 11) is 1.77. The van der Waals surface area contributed by atoms with Crippen molar-refractivity contribution in [3.63, 3.8) is 0 Å². The Morgan fingerprint density at radius 1 is 1.46 bits per heavy atom. The number of hydrogen-bond donors (Lipinski definition) is 0. The van der Waals surface area contributed by atoms with E-state index in [2.05, 4.69) is 6.58 Å². The second-order valence-electron chi connectivity index (χ2n) is 4.18. The third kappa shape index (κ3) is 1.09. The fraction of sp³-hybridized carbons (Fsp3) is 0.818. The second kappa shape index (κ2) is 3.10. The molecule has 0 amide bonds. The average Bonchev–Trinajstić information content (AvgIpc) is 2.59. The summed E-state index contributed by atoms with van der Waals surface area (Å²) in [5.41, 5.74) is 0.240. The SMILES string of the molecule is C=CC[C@]12CCC[C@@]1(OC)OCC2. The highest BCUT2D eigenvalue weighted by atomic mass is 16.7. The summed E-state index contributed by atoms with van der Waals surface area (Å²) in [5, 5.41) is 0. The molecule has 0 spiro atoms. The van der Waals surface area contributed by atoms with E-state index in [1.165, 1.54) is 12.8 Å². The quantitative estimate of drug-likeness (QED) is 0.624. The minimum atomic E-state index is -0.277. The smallest absolute Gasteiger partial charge is 0.173 e. The van der Waals surface area contributed by atoms with E-state index in [0.717, 1.165) is 25.9 Å². The number of rotatable bonds is 3. The first-order chi connectivity index (χ1) is 6.29. The van der Waals surface area contributed by atoms with Crippen LogP contribution in [0, 0.1) is 5.41 Å². The normalized spacial score (nSPS) is 43.5.